The minimum atomic E-state index is -0.374. The molecule has 0 fully saturated rings. The quantitative estimate of drug-likeness (QED) is 0.476. The number of ether oxygens (including phenoxy) is 3. The number of benzene rings is 1. The van der Waals surface area contributed by atoms with E-state index < -0.39 is 0 Å². The number of carbonyl (C=O) groups excluding carboxylic acids is 2. The fourth-order valence-corrected chi connectivity index (χ4v) is 5.01. The van der Waals surface area contributed by atoms with E-state index in [-0.39, 0.29) is 18.0 Å². The third-order valence-corrected chi connectivity index (χ3v) is 6.30. The first-order valence-electron chi connectivity index (χ1n) is 10.4. The molecule has 1 aliphatic rings. The molecule has 0 spiro atoms. The molecule has 3 rings (SSSR count). The lowest BCUT2D eigenvalue weighted by molar-refractivity contribution is -0.111. The molecule has 1 heterocycles. The molecular weight excluding hydrogens is 414 g/mol. The fraction of sp³-hybridized carbons (Fsp3) is 0.417. The van der Waals surface area contributed by atoms with Crippen molar-refractivity contribution in [1.82, 2.24) is 0 Å². The number of amides is 1. The highest BCUT2D eigenvalue weighted by molar-refractivity contribution is 7.17. The van der Waals surface area contributed by atoms with Crippen LogP contribution in [0.2, 0.25) is 0 Å². The SMILES string of the molecule is COc1ccc(/C=C/C(=O)Nc2sc3c(c2C(=O)OC(C)C)CCC(C)C3)cc1OC. The molecule has 1 aromatic carbocycles. The van der Waals surface area contributed by atoms with Gasteiger partial charge in [-0.2, -0.15) is 0 Å². The van der Waals surface area contributed by atoms with Gasteiger partial charge in [0, 0.05) is 11.0 Å². The van der Waals surface area contributed by atoms with Crippen LogP contribution >= 0.6 is 11.3 Å². The van der Waals surface area contributed by atoms with Gasteiger partial charge in [0.1, 0.15) is 5.00 Å². The van der Waals surface area contributed by atoms with Crippen LogP contribution in [0.3, 0.4) is 0 Å². The Balaban J connectivity index is 1.82. The van der Waals surface area contributed by atoms with Crippen molar-refractivity contribution in [3.63, 3.8) is 0 Å². The molecule has 0 bridgehead atoms. The van der Waals surface area contributed by atoms with Crippen molar-refractivity contribution in [2.45, 2.75) is 46.1 Å². The summed E-state index contributed by atoms with van der Waals surface area (Å²) in [6, 6.07) is 5.41. The monoisotopic (exact) mass is 443 g/mol. The largest absolute Gasteiger partial charge is 0.493 e. The number of rotatable bonds is 7. The Morgan fingerprint density at radius 3 is 2.61 bits per heavy atom. The van der Waals surface area contributed by atoms with Crippen LogP contribution < -0.4 is 14.8 Å². The number of hydrogen-bond donors (Lipinski definition) is 1. The van der Waals surface area contributed by atoms with Gasteiger partial charge in [-0.1, -0.05) is 13.0 Å². The maximum absolute atomic E-state index is 12.8. The Kier molecular flexibility index (Phi) is 7.38. The first-order chi connectivity index (χ1) is 14.8. The highest BCUT2D eigenvalue weighted by Crippen LogP contribution is 2.40. The van der Waals surface area contributed by atoms with E-state index in [4.69, 9.17) is 14.2 Å². The smallest absolute Gasteiger partial charge is 0.341 e. The van der Waals surface area contributed by atoms with Gasteiger partial charge in [0.05, 0.1) is 25.9 Å². The standard InChI is InChI=1S/C24H29NO5S/c1-14(2)30-24(27)22-17-9-6-15(3)12-20(17)31-23(22)25-21(26)11-8-16-7-10-18(28-4)19(13-16)29-5/h7-8,10-11,13-15H,6,9,12H2,1-5H3,(H,25,26)/b11-8+. The molecule has 0 radical (unpaired) electrons. The Bertz CT molecular complexity index is 992. The topological polar surface area (TPSA) is 73.9 Å². The van der Waals surface area contributed by atoms with E-state index in [1.54, 1.807) is 32.4 Å². The van der Waals surface area contributed by atoms with Crippen molar-refractivity contribution in [3.8, 4) is 11.5 Å². The van der Waals surface area contributed by atoms with Crippen molar-refractivity contribution in [1.29, 1.82) is 0 Å². The van der Waals surface area contributed by atoms with Crippen molar-refractivity contribution in [2.75, 3.05) is 19.5 Å². The summed E-state index contributed by atoms with van der Waals surface area (Å²) in [5.41, 5.74) is 2.33. The van der Waals surface area contributed by atoms with E-state index >= 15 is 0 Å². The third kappa shape index (κ3) is 5.47. The number of fused-ring (bicyclic) bond motifs is 1. The third-order valence-electron chi connectivity index (χ3n) is 5.13. The van der Waals surface area contributed by atoms with Gasteiger partial charge in [-0.15, -0.1) is 11.3 Å². The van der Waals surface area contributed by atoms with Crippen LogP contribution in [0.1, 0.15) is 53.6 Å². The normalized spacial score (nSPS) is 15.6. The molecule has 1 amide bonds. The van der Waals surface area contributed by atoms with Gasteiger partial charge in [-0.25, -0.2) is 4.79 Å². The van der Waals surface area contributed by atoms with Crippen LogP contribution in [0, 0.1) is 5.92 Å². The van der Waals surface area contributed by atoms with Gasteiger partial charge in [0.2, 0.25) is 5.91 Å². The summed E-state index contributed by atoms with van der Waals surface area (Å²) in [4.78, 5) is 26.6. The lowest BCUT2D eigenvalue weighted by atomic mass is 9.88. The van der Waals surface area contributed by atoms with E-state index in [0.29, 0.717) is 28.0 Å². The molecule has 0 saturated carbocycles. The molecule has 1 aliphatic carbocycles. The maximum atomic E-state index is 12.8. The first kappa shape index (κ1) is 22.9. The zero-order valence-corrected chi connectivity index (χ0v) is 19.4. The van der Waals surface area contributed by atoms with Crippen molar-refractivity contribution >= 4 is 34.3 Å². The van der Waals surface area contributed by atoms with Gasteiger partial charge < -0.3 is 19.5 Å². The second kappa shape index (κ2) is 10.0. The molecule has 166 valence electrons. The van der Waals surface area contributed by atoms with Crippen LogP contribution in [0.5, 0.6) is 11.5 Å². The zero-order chi connectivity index (χ0) is 22.5. The van der Waals surface area contributed by atoms with Crippen molar-refractivity contribution in [3.05, 3.63) is 45.8 Å². The molecule has 7 heteroatoms. The fourth-order valence-electron chi connectivity index (χ4n) is 3.61. The van der Waals surface area contributed by atoms with Crippen molar-refractivity contribution < 1.29 is 23.8 Å². The van der Waals surface area contributed by atoms with Gasteiger partial charge in [0.25, 0.3) is 0 Å². The van der Waals surface area contributed by atoms with E-state index in [2.05, 4.69) is 12.2 Å². The van der Waals surface area contributed by atoms with E-state index in [9.17, 15) is 9.59 Å². The number of anilines is 1. The average Bonchev–Trinajstić information content (AvgIpc) is 3.08. The summed E-state index contributed by atoms with van der Waals surface area (Å²) in [6.07, 6.45) is 5.68. The van der Waals surface area contributed by atoms with E-state index in [1.165, 1.54) is 17.4 Å². The lowest BCUT2D eigenvalue weighted by Gasteiger charge is -2.18. The predicted molar refractivity (Wildman–Crippen MR) is 123 cm³/mol. The molecule has 1 unspecified atom stereocenters. The number of carbonyl (C=O) groups is 2. The van der Waals surface area contributed by atoms with E-state index in [0.717, 1.165) is 35.3 Å². The lowest BCUT2D eigenvalue weighted by Crippen LogP contribution is -2.18. The van der Waals surface area contributed by atoms with Crippen molar-refractivity contribution in [2.24, 2.45) is 5.92 Å². The number of nitrogens with one attached hydrogen (secondary N) is 1. The first-order valence-corrected chi connectivity index (χ1v) is 11.2. The number of esters is 1. The summed E-state index contributed by atoms with van der Waals surface area (Å²) in [6.45, 7) is 5.85. The molecular formula is C24H29NO5S. The predicted octanol–water partition coefficient (Wildman–Crippen LogP) is 5.11. The maximum Gasteiger partial charge on any atom is 0.341 e. The average molecular weight is 444 g/mol. The minimum absolute atomic E-state index is 0.223. The molecule has 1 atom stereocenters. The molecule has 6 nitrogen and oxygen atoms in total. The molecule has 0 aliphatic heterocycles. The summed E-state index contributed by atoms with van der Waals surface area (Å²) < 4.78 is 16.0. The zero-order valence-electron chi connectivity index (χ0n) is 18.6. The summed E-state index contributed by atoms with van der Waals surface area (Å²) in [5, 5.41) is 3.46. The summed E-state index contributed by atoms with van der Waals surface area (Å²) >= 11 is 1.48. The van der Waals surface area contributed by atoms with Gasteiger partial charge >= 0.3 is 5.97 Å². The minimum Gasteiger partial charge on any atom is -0.493 e. The molecule has 0 saturated heterocycles. The van der Waals surface area contributed by atoms with Gasteiger partial charge in [-0.3, -0.25) is 4.79 Å². The van der Waals surface area contributed by atoms with E-state index in [1.807, 2.05) is 19.9 Å². The molecule has 1 aromatic heterocycles. The number of hydrogen-bond acceptors (Lipinski definition) is 6. The Morgan fingerprint density at radius 2 is 1.94 bits per heavy atom. The Hall–Kier alpha value is -2.80. The second-order valence-electron chi connectivity index (χ2n) is 7.95. The van der Waals surface area contributed by atoms with Crippen LogP contribution in [-0.4, -0.2) is 32.2 Å². The highest BCUT2D eigenvalue weighted by atomic mass is 32.1. The van der Waals surface area contributed by atoms with Gasteiger partial charge in [-0.05, 0) is 68.4 Å². The Morgan fingerprint density at radius 1 is 1.19 bits per heavy atom. The summed E-state index contributed by atoms with van der Waals surface area (Å²) in [5.74, 6) is 1.09. The number of methoxy groups -OCH3 is 2. The highest BCUT2D eigenvalue weighted by Gasteiger charge is 2.29. The second-order valence-corrected chi connectivity index (χ2v) is 9.05. The van der Waals surface area contributed by atoms with Crippen LogP contribution in [0.15, 0.2) is 24.3 Å². The van der Waals surface area contributed by atoms with Gasteiger partial charge in [0.15, 0.2) is 11.5 Å². The Labute approximate surface area is 187 Å². The molecule has 2 aromatic rings. The summed E-state index contributed by atoms with van der Waals surface area (Å²) in [7, 11) is 3.14. The molecule has 31 heavy (non-hydrogen) atoms. The van der Waals surface area contributed by atoms with Crippen LogP contribution in [0.25, 0.3) is 6.08 Å². The number of thiophene rings is 1. The van der Waals surface area contributed by atoms with Crippen LogP contribution in [0.4, 0.5) is 5.00 Å². The van der Waals surface area contributed by atoms with Crippen LogP contribution in [-0.2, 0) is 22.4 Å². The molecule has 1 N–H and O–H groups in total.